The van der Waals surface area contributed by atoms with Crippen molar-refractivity contribution in [3.63, 3.8) is 0 Å². The van der Waals surface area contributed by atoms with Gasteiger partial charge in [0.05, 0.1) is 16.4 Å². The number of pyridine rings is 1. The summed E-state index contributed by atoms with van der Waals surface area (Å²) >= 11 is 0. The van der Waals surface area contributed by atoms with Crippen molar-refractivity contribution in [2.45, 2.75) is 5.41 Å². The molecule has 9 rings (SSSR count). The molecule has 0 radical (unpaired) electrons. The number of nitrogens with zero attached hydrogens (tertiary/aromatic N) is 2. The van der Waals surface area contributed by atoms with Crippen LogP contribution in [0.15, 0.2) is 170 Å². The maximum atomic E-state index is 4.43. The number of rotatable bonds is 4. The minimum atomic E-state index is -0.519. The highest BCUT2D eigenvalue weighted by molar-refractivity contribution is 6.08. The van der Waals surface area contributed by atoms with Gasteiger partial charge < -0.3 is 9.88 Å². The fourth-order valence-corrected chi connectivity index (χ4v) is 7.53. The van der Waals surface area contributed by atoms with E-state index < -0.39 is 5.41 Å². The Hall–Kier alpha value is -5.93. The third kappa shape index (κ3) is 3.74. The van der Waals surface area contributed by atoms with Gasteiger partial charge in [-0.2, -0.15) is 0 Å². The molecule has 1 aliphatic heterocycles. The van der Waals surface area contributed by atoms with Crippen molar-refractivity contribution in [2.75, 3.05) is 5.32 Å². The van der Waals surface area contributed by atoms with Crippen LogP contribution >= 0.6 is 0 Å². The zero-order chi connectivity index (χ0) is 29.8. The minimum Gasteiger partial charge on any atom is -0.355 e. The first-order chi connectivity index (χ1) is 22.3. The molecule has 0 bridgehead atoms. The third-order valence-electron chi connectivity index (χ3n) is 9.36. The van der Waals surface area contributed by atoms with Crippen molar-refractivity contribution in [3.05, 3.63) is 192 Å². The van der Waals surface area contributed by atoms with Crippen molar-refractivity contribution in [1.29, 1.82) is 0 Å². The number of aromatic nitrogens is 2. The zero-order valence-corrected chi connectivity index (χ0v) is 24.6. The monoisotopic (exact) mass is 575 g/mol. The Morgan fingerprint density at radius 3 is 1.93 bits per heavy atom. The zero-order valence-electron chi connectivity index (χ0n) is 24.6. The van der Waals surface area contributed by atoms with Gasteiger partial charge >= 0.3 is 0 Å². The lowest BCUT2D eigenvalue weighted by Gasteiger charge is -2.43. The van der Waals surface area contributed by atoms with E-state index >= 15 is 0 Å². The van der Waals surface area contributed by atoms with E-state index in [1.807, 2.05) is 12.4 Å². The molecule has 212 valence electrons. The summed E-state index contributed by atoms with van der Waals surface area (Å²) in [6.45, 7) is 0. The average molecular weight is 576 g/mol. The fourth-order valence-electron chi connectivity index (χ4n) is 7.53. The molecule has 0 fully saturated rings. The highest BCUT2D eigenvalue weighted by atomic mass is 15.0. The standard InChI is InChI=1S/C42H29N3/c1-3-12-30(13-4-1)42(31-14-5-2-6-15-31)36-18-8-9-19-37(36)44-38-20-11-17-33(41(38)42)29-22-24-32(25-23-29)45-39-21-10-7-16-34(39)35-28-43-27-26-40(35)45/h1-28,44H. The molecule has 45 heavy (non-hydrogen) atoms. The maximum Gasteiger partial charge on any atom is 0.0748 e. The summed E-state index contributed by atoms with van der Waals surface area (Å²) in [5, 5.41) is 6.18. The Balaban J connectivity index is 1.30. The number of fused-ring (bicyclic) bond motifs is 5. The summed E-state index contributed by atoms with van der Waals surface area (Å²) in [6, 6.07) is 57.0. The SMILES string of the molecule is c1ccc(C2(c3ccccc3)c3ccccc3Nc3cccc(-c4ccc(-n5c6ccccc6c6cnccc65)cc4)c32)cc1. The largest absolute Gasteiger partial charge is 0.355 e. The molecule has 0 atom stereocenters. The fraction of sp³-hybridized carbons (Fsp3) is 0.0238. The molecule has 3 nitrogen and oxygen atoms in total. The van der Waals surface area contributed by atoms with Gasteiger partial charge in [-0.3, -0.25) is 4.98 Å². The van der Waals surface area contributed by atoms with Gasteiger partial charge in [0.2, 0.25) is 0 Å². The lowest BCUT2D eigenvalue weighted by atomic mass is 9.61. The van der Waals surface area contributed by atoms with Crippen LogP contribution in [0, 0.1) is 0 Å². The second-order valence-electron chi connectivity index (χ2n) is 11.7. The van der Waals surface area contributed by atoms with Crippen LogP contribution in [0.3, 0.4) is 0 Å². The van der Waals surface area contributed by atoms with Crippen LogP contribution in [0.2, 0.25) is 0 Å². The summed E-state index contributed by atoms with van der Waals surface area (Å²) in [5.74, 6) is 0. The van der Waals surface area contributed by atoms with Gasteiger partial charge in [0, 0.05) is 45.8 Å². The van der Waals surface area contributed by atoms with Crippen LogP contribution < -0.4 is 5.32 Å². The van der Waals surface area contributed by atoms with Crippen molar-refractivity contribution < 1.29 is 0 Å². The number of para-hydroxylation sites is 2. The second kappa shape index (κ2) is 10.1. The van der Waals surface area contributed by atoms with Crippen LogP contribution in [0.25, 0.3) is 38.6 Å². The topological polar surface area (TPSA) is 29.9 Å². The molecule has 1 aliphatic rings. The summed E-state index contributed by atoms with van der Waals surface area (Å²) in [5.41, 5.74) is 12.6. The molecule has 6 aromatic carbocycles. The Morgan fingerprint density at radius 1 is 0.511 bits per heavy atom. The molecule has 1 N–H and O–H groups in total. The maximum absolute atomic E-state index is 4.43. The quantitative estimate of drug-likeness (QED) is 0.226. The number of nitrogens with one attached hydrogen (secondary N) is 1. The van der Waals surface area contributed by atoms with Gasteiger partial charge in [0.1, 0.15) is 0 Å². The van der Waals surface area contributed by atoms with E-state index in [0.717, 1.165) is 28.0 Å². The highest BCUT2D eigenvalue weighted by Gasteiger charge is 2.45. The van der Waals surface area contributed by atoms with Crippen molar-refractivity contribution in [1.82, 2.24) is 9.55 Å². The molecule has 3 heteroatoms. The van der Waals surface area contributed by atoms with E-state index in [1.165, 1.54) is 44.3 Å². The Labute approximate surface area is 262 Å². The lowest BCUT2D eigenvalue weighted by molar-refractivity contribution is 0.742. The number of anilines is 2. The molecular weight excluding hydrogens is 546 g/mol. The molecule has 0 saturated carbocycles. The lowest BCUT2D eigenvalue weighted by Crippen LogP contribution is -2.35. The normalized spacial score (nSPS) is 13.2. The number of hydrogen-bond acceptors (Lipinski definition) is 2. The average Bonchev–Trinajstić information content (AvgIpc) is 3.46. The molecular formula is C42H29N3. The predicted octanol–water partition coefficient (Wildman–Crippen LogP) is 10.3. The Bertz CT molecular complexity index is 2240. The van der Waals surface area contributed by atoms with Crippen molar-refractivity contribution in [3.8, 4) is 16.8 Å². The van der Waals surface area contributed by atoms with Crippen LogP contribution in [0.1, 0.15) is 22.3 Å². The van der Waals surface area contributed by atoms with Crippen LogP contribution in [-0.2, 0) is 5.41 Å². The number of hydrogen-bond donors (Lipinski definition) is 1. The van der Waals surface area contributed by atoms with E-state index in [2.05, 4.69) is 173 Å². The summed E-state index contributed by atoms with van der Waals surface area (Å²) in [7, 11) is 0. The number of benzene rings is 6. The van der Waals surface area contributed by atoms with E-state index in [0.29, 0.717) is 0 Å². The van der Waals surface area contributed by atoms with Crippen molar-refractivity contribution in [2.24, 2.45) is 0 Å². The summed E-state index contributed by atoms with van der Waals surface area (Å²) in [4.78, 5) is 4.43. The van der Waals surface area contributed by atoms with Gasteiger partial charge in [0.15, 0.2) is 0 Å². The summed E-state index contributed by atoms with van der Waals surface area (Å²) in [6.07, 6.45) is 3.84. The molecule has 0 unspecified atom stereocenters. The van der Waals surface area contributed by atoms with E-state index in [1.54, 1.807) is 0 Å². The van der Waals surface area contributed by atoms with Crippen LogP contribution in [0.5, 0.6) is 0 Å². The molecule has 0 aliphatic carbocycles. The van der Waals surface area contributed by atoms with E-state index in [4.69, 9.17) is 0 Å². The first-order valence-corrected chi connectivity index (χ1v) is 15.4. The second-order valence-corrected chi connectivity index (χ2v) is 11.7. The smallest absolute Gasteiger partial charge is 0.0748 e. The van der Waals surface area contributed by atoms with Gasteiger partial charge in [-0.05, 0) is 64.2 Å². The first kappa shape index (κ1) is 25.6. The Morgan fingerprint density at radius 2 is 1.16 bits per heavy atom. The van der Waals surface area contributed by atoms with Crippen LogP contribution in [0.4, 0.5) is 11.4 Å². The third-order valence-corrected chi connectivity index (χ3v) is 9.36. The van der Waals surface area contributed by atoms with Gasteiger partial charge in [-0.15, -0.1) is 0 Å². The van der Waals surface area contributed by atoms with Gasteiger partial charge in [-0.1, -0.05) is 121 Å². The van der Waals surface area contributed by atoms with E-state index in [-0.39, 0.29) is 0 Å². The summed E-state index contributed by atoms with van der Waals surface area (Å²) < 4.78 is 2.34. The molecule has 8 aromatic rings. The predicted molar refractivity (Wildman–Crippen MR) is 186 cm³/mol. The molecule has 0 amide bonds. The van der Waals surface area contributed by atoms with Gasteiger partial charge in [0.25, 0.3) is 0 Å². The highest BCUT2D eigenvalue weighted by Crippen LogP contribution is 2.56. The first-order valence-electron chi connectivity index (χ1n) is 15.4. The van der Waals surface area contributed by atoms with E-state index in [9.17, 15) is 0 Å². The molecule has 0 saturated heterocycles. The molecule has 0 spiro atoms. The minimum absolute atomic E-state index is 0.519. The van der Waals surface area contributed by atoms with Crippen molar-refractivity contribution >= 4 is 33.2 Å². The van der Waals surface area contributed by atoms with Crippen LogP contribution in [-0.4, -0.2) is 9.55 Å². The Kier molecular flexibility index (Phi) is 5.72. The molecule has 3 heterocycles. The van der Waals surface area contributed by atoms with Gasteiger partial charge in [-0.25, -0.2) is 0 Å². The molecule has 2 aromatic heterocycles.